The van der Waals surface area contributed by atoms with Gasteiger partial charge in [0.2, 0.25) is 0 Å². The molecule has 0 spiro atoms. The Kier molecular flexibility index (Phi) is 4.25. The van der Waals surface area contributed by atoms with Crippen molar-refractivity contribution in [1.82, 2.24) is 14.6 Å². The Balaban J connectivity index is 1.37. The molecule has 4 heterocycles. The van der Waals surface area contributed by atoms with Gasteiger partial charge in [0, 0.05) is 55.9 Å². The molecule has 33 heavy (non-hydrogen) atoms. The number of halogens is 2. The molecule has 6 rings (SSSR count). The first kappa shape index (κ1) is 20.4. The van der Waals surface area contributed by atoms with E-state index in [0.717, 1.165) is 17.0 Å². The second-order valence-corrected chi connectivity index (χ2v) is 9.99. The van der Waals surface area contributed by atoms with Crippen LogP contribution in [0.15, 0.2) is 36.8 Å². The topological polar surface area (TPSA) is 71.8 Å². The summed E-state index contributed by atoms with van der Waals surface area (Å²) in [6, 6.07) is 5.55. The van der Waals surface area contributed by atoms with Gasteiger partial charge in [-0.25, -0.2) is 18.3 Å². The maximum Gasteiger partial charge on any atom is 0.261 e. The number of hydrogen-bond acceptors (Lipinski definition) is 5. The first-order valence-corrected chi connectivity index (χ1v) is 11.3. The van der Waals surface area contributed by atoms with Crippen LogP contribution >= 0.6 is 0 Å². The summed E-state index contributed by atoms with van der Waals surface area (Å²) in [6.45, 7) is 4.83. The van der Waals surface area contributed by atoms with Gasteiger partial charge in [-0.3, -0.25) is 4.79 Å². The zero-order chi connectivity index (χ0) is 23.0. The molecule has 2 atom stereocenters. The fourth-order valence-electron chi connectivity index (χ4n) is 5.58. The molecule has 1 saturated carbocycles. The van der Waals surface area contributed by atoms with Gasteiger partial charge >= 0.3 is 0 Å². The molecule has 1 N–H and O–H groups in total. The molecule has 3 aromatic rings. The Hall–Kier alpha value is -3.23. The molecule has 9 heteroatoms. The minimum Gasteiger partial charge on any atom is -0.487 e. The number of nitrogens with one attached hydrogen (secondary N) is 1. The SMILES string of the molecule is CC1(C)Cc2cc(NC(=O)c3cnn4cccnc34)c(N3C[C@H]4CCC(F)(F)[C@H]4C3)cc2O1. The van der Waals surface area contributed by atoms with Crippen molar-refractivity contribution in [3.63, 3.8) is 0 Å². The van der Waals surface area contributed by atoms with Crippen LogP contribution in [0.1, 0.15) is 42.6 Å². The lowest BCUT2D eigenvalue weighted by Crippen LogP contribution is -2.29. The van der Waals surface area contributed by atoms with Gasteiger partial charge in [0.25, 0.3) is 11.8 Å². The second kappa shape index (κ2) is 6.88. The summed E-state index contributed by atoms with van der Waals surface area (Å²) in [4.78, 5) is 19.4. The summed E-state index contributed by atoms with van der Waals surface area (Å²) in [6.07, 6.45) is 6.01. The fourth-order valence-corrected chi connectivity index (χ4v) is 5.58. The minimum absolute atomic E-state index is 0.0387. The van der Waals surface area contributed by atoms with E-state index in [9.17, 15) is 13.6 Å². The van der Waals surface area contributed by atoms with Crippen LogP contribution in [0.2, 0.25) is 0 Å². The molecule has 2 fully saturated rings. The van der Waals surface area contributed by atoms with Crippen molar-refractivity contribution < 1.29 is 18.3 Å². The van der Waals surface area contributed by atoms with E-state index in [2.05, 4.69) is 15.4 Å². The zero-order valence-corrected chi connectivity index (χ0v) is 18.5. The third-order valence-electron chi connectivity index (χ3n) is 7.13. The quantitative estimate of drug-likeness (QED) is 0.644. The molecule has 7 nitrogen and oxygen atoms in total. The van der Waals surface area contributed by atoms with Crippen LogP contribution in [0.5, 0.6) is 5.75 Å². The highest BCUT2D eigenvalue weighted by atomic mass is 19.3. The number of alkyl halides is 2. The van der Waals surface area contributed by atoms with E-state index >= 15 is 0 Å². The number of fused-ring (bicyclic) bond motifs is 3. The Labute approximate surface area is 189 Å². The average molecular weight is 453 g/mol. The largest absolute Gasteiger partial charge is 0.487 e. The molecule has 1 saturated heterocycles. The number of carbonyl (C=O) groups excluding carboxylic acids is 1. The molecule has 0 radical (unpaired) electrons. The maximum atomic E-state index is 14.4. The average Bonchev–Trinajstić information content (AvgIpc) is 3.49. The van der Waals surface area contributed by atoms with Crippen LogP contribution < -0.4 is 15.0 Å². The van der Waals surface area contributed by atoms with Gasteiger partial charge in [-0.05, 0) is 38.3 Å². The van der Waals surface area contributed by atoms with Gasteiger partial charge in [-0.2, -0.15) is 5.10 Å². The standard InChI is InChI=1S/C24H25F2N5O2/c1-23(2)10-15-8-18(29-22(32)16-11-28-31-7-3-6-27-21(16)31)19(9-20(15)33-23)30-12-14-4-5-24(25,26)17(14)13-30/h3,6-9,11,14,17H,4-5,10,12-13H2,1-2H3,(H,29,32)/t14-,17+/m1/s1. The summed E-state index contributed by atoms with van der Waals surface area (Å²) in [7, 11) is 0. The molecular weight excluding hydrogens is 428 g/mol. The van der Waals surface area contributed by atoms with Crippen molar-refractivity contribution in [1.29, 1.82) is 0 Å². The number of amides is 1. The normalized spacial score (nSPS) is 24.5. The molecular formula is C24H25F2N5O2. The number of anilines is 2. The van der Waals surface area contributed by atoms with Gasteiger partial charge in [0.15, 0.2) is 5.65 Å². The molecule has 2 aliphatic heterocycles. The number of benzene rings is 1. The molecule has 1 amide bonds. The lowest BCUT2D eigenvalue weighted by molar-refractivity contribution is -0.0351. The van der Waals surface area contributed by atoms with E-state index in [4.69, 9.17) is 4.74 Å². The number of carbonyl (C=O) groups is 1. The molecule has 172 valence electrons. The van der Waals surface area contributed by atoms with E-state index in [0.29, 0.717) is 36.3 Å². The highest BCUT2D eigenvalue weighted by Gasteiger charge is 2.54. The Morgan fingerprint density at radius 2 is 2.12 bits per heavy atom. The molecule has 1 aliphatic carbocycles. The lowest BCUT2D eigenvalue weighted by atomic mass is 9.99. The molecule has 1 aromatic carbocycles. The Morgan fingerprint density at radius 1 is 1.27 bits per heavy atom. The van der Waals surface area contributed by atoms with Crippen LogP contribution in [0.4, 0.5) is 20.2 Å². The first-order valence-electron chi connectivity index (χ1n) is 11.3. The van der Waals surface area contributed by atoms with Crippen molar-refractivity contribution in [3.05, 3.63) is 47.9 Å². The van der Waals surface area contributed by atoms with Gasteiger partial charge in [-0.1, -0.05) is 0 Å². The van der Waals surface area contributed by atoms with Crippen molar-refractivity contribution >= 4 is 22.9 Å². The van der Waals surface area contributed by atoms with Gasteiger partial charge in [0.1, 0.15) is 16.9 Å². The van der Waals surface area contributed by atoms with Gasteiger partial charge < -0.3 is 15.0 Å². The molecule has 3 aliphatic rings. The summed E-state index contributed by atoms with van der Waals surface area (Å²) in [5, 5.41) is 7.20. The number of nitrogens with zero attached hydrogens (tertiary/aromatic N) is 4. The third-order valence-corrected chi connectivity index (χ3v) is 7.13. The smallest absolute Gasteiger partial charge is 0.261 e. The van der Waals surface area contributed by atoms with Crippen molar-refractivity contribution in [3.8, 4) is 5.75 Å². The predicted octanol–water partition coefficient (Wildman–Crippen LogP) is 4.18. The fraction of sp³-hybridized carbons (Fsp3) is 0.458. The highest BCUT2D eigenvalue weighted by molar-refractivity contribution is 6.09. The van der Waals surface area contributed by atoms with Crippen LogP contribution in [0.25, 0.3) is 5.65 Å². The van der Waals surface area contributed by atoms with Gasteiger partial charge in [0.05, 0.1) is 17.6 Å². The number of ether oxygens (including phenoxy) is 1. The van der Waals surface area contributed by atoms with Gasteiger partial charge in [-0.15, -0.1) is 0 Å². The zero-order valence-electron chi connectivity index (χ0n) is 18.5. The van der Waals surface area contributed by atoms with E-state index in [1.807, 2.05) is 30.9 Å². The maximum absolute atomic E-state index is 14.4. The summed E-state index contributed by atoms with van der Waals surface area (Å²) in [5.74, 6) is -2.93. The predicted molar refractivity (Wildman–Crippen MR) is 119 cm³/mol. The summed E-state index contributed by atoms with van der Waals surface area (Å²) >= 11 is 0. The molecule has 2 aromatic heterocycles. The van der Waals surface area contributed by atoms with E-state index < -0.39 is 11.8 Å². The van der Waals surface area contributed by atoms with Crippen LogP contribution in [-0.2, 0) is 6.42 Å². The summed E-state index contributed by atoms with van der Waals surface area (Å²) in [5.41, 5.74) is 2.75. The second-order valence-electron chi connectivity index (χ2n) is 9.99. The van der Waals surface area contributed by atoms with Crippen LogP contribution in [0, 0.1) is 11.8 Å². The monoisotopic (exact) mass is 453 g/mol. The van der Waals surface area contributed by atoms with Crippen molar-refractivity contribution in [2.24, 2.45) is 11.8 Å². The Bertz CT molecular complexity index is 1270. The van der Waals surface area contributed by atoms with E-state index in [1.54, 1.807) is 23.0 Å². The number of hydrogen-bond donors (Lipinski definition) is 1. The summed E-state index contributed by atoms with van der Waals surface area (Å²) < 4.78 is 36.5. The van der Waals surface area contributed by atoms with Crippen LogP contribution in [0.3, 0.4) is 0 Å². The molecule has 0 bridgehead atoms. The van der Waals surface area contributed by atoms with E-state index in [-0.39, 0.29) is 30.4 Å². The number of aromatic nitrogens is 3. The highest BCUT2D eigenvalue weighted by Crippen LogP contribution is 2.51. The Morgan fingerprint density at radius 3 is 2.94 bits per heavy atom. The van der Waals surface area contributed by atoms with E-state index in [1.165, 1.54) is 6.20 Å². The van der Waals surface area contributed by atoms with Crippen molar-refractivity contribution in [2.45, 2.75) is 44.6 Å². The van der Waals surface area contributed by atoms with Crippen molar-refractivity contribution in [2.75, 3.05) is 23.3 Å². The number of rotatable bonds is 3. The third kappa shape index (κ3) is 3.32. The first-order chi connectivity index (χ1) is 15.7. The lowest BCUT2D eigenvalue weighted by Gasteiger charge is -2.25. The molecule has 0 unspecified atom stereocenters. The van der Waals surface area contributed by atoms with Crippen LogP contribution in [-0.4, -0.2) is 45.1 Å². The minimum atomic E-state index is -2.64.